The molecule has 0 N–H and O–H groups in total. The summed E-state index contributed by atoms with van der Waals surface area (Å²) in [5.74, 6) is 0. The second kappa shape index (κ2) is 6.11. The maximum Gasteiger partial charge on any atom is 0.266 e. The van der Waals surface area contributed by atoms with E-state index >= 15 is 0 Å². The average molecular weight is 294 g/mol. The summed E-state index contributed by atoms with van der Waals surface area (Å²) >= 11 is 0. The van der Waals surface area contributed by atoms with E-state index in [0.717, 1.165) is 6.26 Å². The molecule has 0 aliphatic rings. The van der Waals surface area contributed by atoms with Gasteiger partial charge in [0.15, 0.2) is 9.84 Å². The third-order valence-electron chi connectivity index (χ3n) is 1.29. The number of rotatable bonds is 7. The fourth-order valence-corrected chi connectivity index (χ4v) is 5.01. The zero-order valence-electron chi connectivity index (χ0n) is 9.17. The lowest BCUT2D eigenvalue weighted by atomic mass is 10.5. The lowest BCUT2D eigenvalue weighted by Crippen LogP contribution is -2.23. The minimum absolute atomic E-state index is 0.0803. The zero-order valence-corrected chi connectivity index (χ0v) is 11.8. The van der Waals surface area contributed by atoms with E-state index < -0.39 is 33.2 Å². The first kappa shape index (κ1) is 16.1. The van der Waals surface area contributed by atoms with Crippen molar-refractivity contribution in [1.29, 1.82) is 0 Å². The number of hydrogen-bond donors (Lipinski definition) is 0. The van der Waals surface area contributed by atoms with Gasteiger partial charge in [-0.2, -0.15) is 8.42 Å². The van der Waals surface area contributed by atoms with Crippen molar-refractivity contribution >= 4 is 28.0 Å². The Kier molecular flexibility index (Phi) is 6.13. The molecular weight excluding hydrogens is 279 g/mol. The zero-order chi connectivity index (χ0) is 13.0. The van der Waals surface area contributed by atoms with Gasteiger partial charge < -0.3 is 4.52 Å². The summed E-state index contributed by atoms with van der Waals surface area (Å²) in [5, 5.41) is -1.95. The van der Waals surface area contributed by atoms with E-state index in [1.165, 1.54) is 0 Å². The van der Waals surface area contributed by atoms with Gasteiger partial charge in [-0.25, -0.2) is 12.6 Å². The third kappa shape index (κ3) is 6.59. The molecule has 0 saturated heterocycles. The van der Waals surface area contributed by atoms with Gasteiger partial charge in [0.05, 0.1) is 12.9 Å². The summed E-state index contributed by atoms with van der Waals surface area (Å²) < 4.78 is 64.3. The van der Waals surface area contributed by atoms with E-state index in [2.05, 4.69) is 4.18 Å². The van der Waals surface area contributed by atoms with E-state index in [1.807, 2.05) is 0 Å². The summed E-state index contributed by atoms with van der Waals surface area (Å²) in [6.07, 6.45) is 1.95. The summed E-state index contributed by atoms with van der Waals surface area (Å²) in [4.78, 5) is 0. The highest BCUT2D eigenvalue weighted by Crippen LogP contribution is 2.34. The topological polar surface area (TPSA) is 104 Å². The molecule has 7 nitrogen and oxygen atoms in total. The van der Waals surface area contributed by atoms with Gasteiger partial charge in [0, 0.05) is 6.26 Å². The number of hydrogen-bond acceptors (Lipinski definition) is 7. The van der Waals surface area contributed by atoms with Gasteiger partial charge in [-0.05, 0) is 6.42 Å². The SMILES string of the molecule is CCCO[PH](=O)C(OS(C)(=O)=O)S(C)(=O)=O. The molecule has 16 heavy (non-hydrogen) atoms. The largest absolute Gasteiger partial charge is 0.328 e. The van der Waals surface area contributed by atoms with Crippen LogP contribution in [0.25, 0.3) is 0 Å². The van der Waals surface area contributed by atoms with Crippen LogP contribution in [-0.4, -0.2) is 41.1 Å². The maximum absolute atomic E-state index is 11.4. The lowest BCUT2D eigenvalue weighted by molar-refractivity contribution is 0.281. The van der Waals surface area contributed by atoms with Crippen molar-refractivity contribution in [3.8, 4) is 0 Å². The Balaban J connectivity index is 4.91. The fourth-order valence-electron chi connectivity index (χ4n) is 0.715. The summed E-state index contributed by atoms with van der Waals surface area (Å²) in [5.41, 5.74) is 0. The predicted molar refractivity (Wildman–Crippen MR) is 59.8 cm³/mol. The Morgan fingerprint density at radius 1 is 1.19 bits per heavy atom. The van der Waals surface area contributed by atoms with E-state index in [-0.39, 0.29) is 6.61 Å². The highest BCUT2D eigenvalue weighted by Gasteiger charge is 2.32. The smallest absolute Gasteiger partial charge is 0.266 e. The second-order valence-electron chi connectivity index (χ2n) is 3.13. The van der Waals surface area contributed by atoms with Crippen LogP contribution in [-0.2, 0) is 33.2 Å². The molecule has 0 bridgehead atoms. The van der Waals surface area contributed by atoms with Gasteiger partial charge in [0.1, 0.15) is 0 Å². The summed E-state index contributed by atoms with van der Waals surface area (Å²) in [6, 6.07) is 0. The van der Waals surface area contributed by atoms with E-state index in [4.69, 9.17) is 4.52 Å². The van der Waals surface area contributed by atoms with Crippen LogP contribution in [0.4, 0.5) is 0 Å². The molecule has 0 rings (SSSR count). The van der Waals surface area contributed by atoms with Crippen molar-refractivity contribution in [2.75, 3.05) is 19.1 Å². The van der Waals surface area contributed by atoms with E-state index in [0.29, 0.717) is 12.7 Å². The first-order valence-electron chi connectivity index (χ1n) is 4.31. The molecular formula is C6H15O7PS2. The molecule has 2 unspecified atom stereocenters. The minimum atomic E-state index is -4.01. The normalized spacial score (nSPS) is 16.9. The van der Waals surface area contributed by atoms with Crippen molar-refractivity contribution in [2.45, 2.75) is 18.5 Å². The molecule has 0 aliphatic carbocycles. The molecule has 0 aromatic heterocycles. The second-order valence-corrected chi connectivity index (χ2v) is 8.69. The van der Waals surface area contributed by atoms with E-state index in [1.54, 1.807) is 6.92 Å². The Morgan fingerprint density at radius 2 is 1.69 bits per heavy atom. The van der Waals surface area contributed by atoms with Gasteiger partial charge in [-0.1, -0.05) is 6.92 Å². The molecule has 0 saturated carbocycles. The van der Waals surface area contributed by atoms with Crippen LogP contribution >= 0.6 is 8.03 Å². The minimum Gasteiger partial charge on any atom is -0.328 e. The molecule has 0 heterocycles. The molecule has 10 heteroatoms. The van der Waals surface area contributed by atoms with Crippen LogP contribution in [0.2, 0.25) is 0 Å². The van der Waals surface area contributed by atoms with Crippen LogP contribution in [0.3, 0.4) is 0 Å². The maximum atomic E-state index is 11.4. The van der Waals surface area contributed by atoms with Crippen LogP contribution in [0.5, 0.6) is 0 Å². The average Bonchev–Trinajstić information content (AvgIpc) is 2.07. The van der Waals surface area contributed by atoms with Crippen LogP contribution < -0.4 is 0 Å². The van der Waals surface area contributed by atoms with Crippen LogP contribution in [0.1, 0.15) is 13.3 Å². The van der Waals surface area contributed by atoms with Crippen molar-refractivity contribution in [3.05, 3.63) is 0 Å². The molecule has 0 amide bonds. The van der Waals surface area contributed by atoms with Crippen molar-refractivity contribution < 1.29 is 30.1 Å². The molecule has 0 aliphatic heterocycles. The van der Waals surface area contributed by atoms with Crippen LogP contribution in [0, 0.1) is 0 Å². The Morgan fingerprint density at radius 3 is 2.00 bits per heavy atom. The monoisotopic (exact) mass is 294 g/mol. The summed E-state index contributed by atoms with van der Waals surface area (Å²) in [7, 11) is -11.1. The molecule has 2 atom stereocenters. The van der Waals surface area contributed by atoms with Gasteiger partial charge in [0.2, 0.25) is 13.2 Å². The quantitative estimate of drug-likeness (QED) is 0.487. The van der Waals surface area contributed by atoms with Gasteiger partial charge in [-0.15, -0.1) is 0 Å². The highest BCUT2D eigenvalue weighted by atomic mass is 32.2. The molecule has 0 fully saturated rings. The van der Waals surface area contributed by atoms with Crippen LogP contribution in [0.15, 0.2) is 0 Å². The standard InChI is InChI=1S/C6H15O7PS2/c1-4-5-12-14(7)6(15(2,8)9)13-16(3,10)11/h6,14H,4-5H2,1-3H3. The molecule has 98 valence electrons. The highest BCUT2D eigenvalue weighted by molar-refractivity contribution is 7.97. The Labute approximate surface area is 96.0 Å². The fraction of sp³-hybridized carbons (Fsp3) is 1.00. The Hall–Kier alpha value is 0.0500. The van der Waals surface area contributed by atoms with E-state index in [9.17, 15) is 21.4 Å². The molecule has 0 aromatic carbocycles. The van der Waals surface area contributed by atoms with Gasteiger partial charge >= 0.3 is 0 Å². The van der Waals surface area contributed by atoms with Crippen molar-refractivity contribution in [1.82, 2.24) is 0 Å². The summed E-state index contributed by atoms with van der Waals surface area (Å²) in [6.45, 7) is 1.82. The lowest BCUT2D eigenvalue weighted by Gasteiger charge is -2.13. The third-order valence-corrected chi connectivity index (χ3v) is 5.85. The predicted octanol–water partition coefficient (Wildman–Crippen LogP) is 0.192. The molecule has 0 aromatic rings. The first-order valence-corrected chi connectivity index (χ1v) is 9.48. The Bertz CT molecular complexity index is 437. The first-order chi connectivity index (χ1) is 7.08. The molecule has 0 spiro atoms. The van der Waals surface area contributed by atoms with Gasteiger partial charge in [-0.3, -0.25) is 4.57 Å². The number of sulfone groups is 1. The molecule has 0 radical (unpaired) electrons. The van der Waals surface area contributed by atoms with Gasteiger partial charge in [0.25, 0.3) is 10.1 Å². The van der Waals surface area contributed by atoms with Crippen molar-refractivity contribution in [3.63, 3.8) is 0 Å². The van der Waals surface area contributed by atoms with Crippen molar-refractivity contribution in [2.24, 2.45) is 0 Å².